The molecular formula is C20H24O4. The van der Waals surface area contributed by atoms with Crippen molar-refractivity contribution < 1.29 is 18.7 Å². The summed E-state index contributed by atoms with van der Waals surface area (Å²) in [4.78, 5) is 24.6. The van der Waals surface area contributed by atoms with Gasteiger partial charge in [-0.25, -0.2) is 4.79 Å². The Kier molecular flexibility index (Phi) is 4.97. The van der Waals surface area contributed by atoms with E-state index < -0.39 is 12.1 Å². The molecule has 0 bridgehead atoms. The predicted molar refractivity (Wildman–Crippen MR) is 92.5 cm³/mol. The minimum absolute atomic E-state index is 0.0241. The molecule has 0 spiro atoms. The molecule has 0 N–H and O–H groups in total. The number of ketones is 1. The van der Waals surface area contributed by atoms with Crippen LogP contribution in [0.3, 0.4) is 0 Å². The van der Waals surface area contributed by atoms with Gasteiger partial charge in [-0.1, -0.05) is 45.0 Å². The summed E-state index contributed by atoms with van der Waals surface area (Å²) in [6.07, 6.45) is -0.854. The first-order chi connectivity index (χ1) is 11.1. The number of esters is 1. The summed E-state index contributed by atoms with van der Waals surface area (Å²) in [7, 11) is 0. The van der Waals surface area contributed by atoms with Crippen LogP contribution in [0, 0.1) is 13.8 Å². The van der Waals surface area contributed by atoms with Crippen LogP contribution in [0.5, 0.6) is 0 Å². The van der Waals surface area contributed by atoms with Crippen LogP contribution in [0.4, 0.5) is 0 Å². The van der Waals surface area contributed by atoms with Gasteiger partial charge < -0.3 is 9.15 Å². The first-order valence-electron chi connectivity index (χ1n) is 8.02. The molecule has 0 fully saturated rings. The molecule has 1 aromatic carbocycles. The van der Waals surface area contributed by atoms with Gasteiger partial charge >= 0.3 is 5.97 Å². The molecule has 0 radical (unpaired) electrons. The van der Waals surface area contributed by atoms with Gasteiger partial charge in [0, 0.05) is 5.56 Å². The third kappa shape index (κ3) is 3.94. The highest BCUT2D eigenvalue weighted by Crippen LogP contribution is 2.23. The number of carbonyl (C=O) groups is 2. The quantitative estimate of drug-likeness (QED) is 0.607. The zero-order chi connectivity index (χ0) is 18.1. The molecule has 1 atom stereocenters. The van der Waals surface area contributed by atoms with Crippen molar-refractivity contribution in [3.63, 3.8) is 0 Å². The third-order valence-electron chi connectivity index (χ3n) is 3.95. The SMILES string of the molecule is Cc1cc(C(=O)O[C@H](C)C(=O)c2ccc(C(C)(C)C)cc2)c(C)o1. The molecule has 0 saturated carbocycles. The molecule has 0 aliphatic rings. The highest BCUT2D eigenvalue weighted by Gasteiger charge is 2.23. The largest absolute Gasteiger partial charge is 0.466 e. The number of Topliss-reactive ketones (excluding diaryl/α,β-unsaturated/α-hetero) is 1. The van der Waals surface area contributed by atoms with Crippen molar-refractivity contribution in [3.8, 4) is 0 Å². The summed E-state index contributed by atoms with van der Waals surface area (Å²) in [5, 5.41) is 0. The molecule has 4 heteroatoms. The van der Waals surface area contributed by atoms with Crippen molar-refractivity contribution in [2.75, 3.05) is 0 Å². The van der Waals surface area contributed by atoms with Crippen LogP contribution < -0.4 is 0 Å². The van der Waals surface area contributed by atoms with Gasteiger partial charge in [0.2, 0.25) is 5.78 Å². The van der Waals surface area contributed by atoms with Crippen LogP contribution in [-0.2, 0) is 10.2 Å². The van der Waals surface area contributed by atoms with E-state index in [0.29, 0.717) is 22.6 Å². The van der Waals surface area contributed by atoms with Crippen LogP contribution >= 0.6 is 0 Å². The van der Waals surface area contributed by atoms with Crippen molar-refractivity contribution in [2.24, 2.45) is 0 Å². The zero-order valence-corrected chi connectivity index (χ0v) is 15.1. The summed E-state index contributed by atoms with van der Waals surface area (Å²) in [6.45, 7) is 11.4. The fourth-order valence-corrected chi connectivity index (χ4v) is 2.48. The van der Waals surface area contributed by atoms with E-state index in [1.807, 2.05) is 12.1 Å². The van der Waals surface area contributed by atoms with Crippen molar-refractivity contribution in [3.05, 3.63) is 58.5 Å². The van der Waals surface area contributed by atoms with E-state index in [-0.39, 0.29) is 11.2 Å². The molecule has 2 rings (SSSR count). The van der Waals surface area contributed by atoms with Crippen LogP contribution in [0.25, 0.3) is 0 Å². The lowest BCUT2D eigenvalue weighted by Crippen LogP contribution is -2.24. The Morgan fingerprint density at radius 3 is 2.12 bits per heavy atom. The van der Waals surface area contributed by atoms with Gasteiger partial charge in [0.15, 0.2) is 6.10 Å². The summed E-state index contributed by atoms with van der Waals surface area (Å²) < 4.78 is 10.6. The van der Waals surface area contributed by atoms with Crippen molar-refractivity contribution in [2.45, 2.75) is 53.1 Å². The monoisotopic (exact) mass is 328 g/mol. The molecule has 24 heavy (non-hydrogen) atoms. The number of hydrogen-bond acceptors (Lipinski definition) is 4. The van der Waals surface area contributed by atoms with Crippen molar-refractivity contribution in [1.29, 1.82) is 0 Å². The maximum absolute atomic E-state index is 12.5. The number of furan rings is 1. The molecule has 0 unspecified atom stereocenters. The van der Waals surface area contributed by atoms with Crippen LogP contribution in [0.1, 0.15) is 65.5 Å². The second-order valence-corrected chi connectivity index (χ2v) is 7.07. The number of rotatable bonds is 4. The average molecular weight is 328 g/mol. The van der Waals surface area contributed by atoms with Gasteiger partial charge in [-0.15, -0.1) is 0 Å². The topological polar surface area (TPSA) is 56.5 Å². The lowest BCUT2D eigenvalue weighted by Gasteiger charge is -2.19. The normalized spacial score (nSPS) is 12.8. The van der Waals surface area contributed by atoms with Gasteiger partial charge in [-0.05, 0) is 37.8 Å². The van der Waals surface area contributed by atoms with E-state index >= 15 is 0 Å². The molecule has 1 heterocycles. The molecule has 0 aliphatic heterocycles. The van der Waals surface area contributed by atoms with E-state index in [1.165, 1.54) is 0 Å². The van der Waals surface area contributed by atoms with Gasteiger partial charge in [-0.3, -0.25) is 4.79 Å². The standard InChI is InChI=1S/C20H24O4/c1-12-11-17(13(2)23-12)19(22)24-14(3)18(21)15-7-9-16(10-8-15)20(4,5)6/h7-11,14H,1-6H3/t14-/m1/s1. The van der Waals surface area contributed by atoms with Gasteiger partial charge in [0.1, 0.15) is 17.1 Å². The highest BCUT2D eigenvalue weighted by atomic mass is 16.5. The molecular weight excluding hydrogens is 304 g/mol. The Balaban J connectivity index is 2.09. The van der Waals surface area contributed by atoms with Crippen LogP contribution in [0.15, 0.2) is 34.7 Å². The molecule has 128 valence electrons. The van der Waals surface area contributed by atoms with E-state index in [9.17, 15) is 9.59 Å². The fraction of sp³-hybridized carbons (Fsp3) is 0.400. The van der Waals surface area contributed by atoms with Crippen molar-refractivity contribution in [1.82, 2.24) is 0 Å². The van der Waals surface area contributed by atoms with Gasteiger partial charge in [0.05, 0.1) is 0 Å². The Bertz CT molecular complexity index is 745. The van der Waals surface area contributed by atoms with Crippen LogP contribution in [-0.4, -0.2) is 17.9 Å². The molecule has 0 amide bonds. The first-order valence-corrected chi connectivity index (χ1v) is 8.02. The van der Waals surface area contributed by atoms with Gasteiger partial charge in [-0.2, -0.15) is 0 Å². The minimum atomic E-state index is -0.854. The maximum Gasteiger partial charge on any atom is 0.342 e. The molecule has 1 aromatic heterocycles. The second kappa shape index (κ2) is 6.63. The first kappa shape index (κ1) is 18.0. The average Bonchev–Trinajstić information content (AvgIpc) is 2.84. The summed E-state index contributed by atoms with van der Waals surface area (Å²) in [6, 6.07) is 9.05. The minimum Gasteiger partial charge on any atom is -0.466 e. The third-order valence-corrected chi connectivity index (χ3v) is 3.95. The van der Waals surface area contributed by atoms with Gasteiger partial charge in [0.25, 0.3) is 0 Å². The van der Waals surface area contributed by atoms with E-state index in [2.05, 4.69) is 20.8 Å². The van der Waals surface area contributed by atoms with Crippen molar-refractivity contribution >= 4 is 11.8 Å². The fourth-order valence-electron chi connectivity index (χ4n) is 2.48. The Labute approximate surface area is 142 Å². The zero-order valence-electron chi connectivity index (χ0n) is 15.1. The van der Waals surface area contributed by atoms with E-state index in [4.69, 9.17) is 9.15 Å². The highest BCUT2D eigenvalue weighted by molar-refractivity contribution is 6.01. The molecule has 4 nitrogen and oxygen atoms in total. The number of aryl methyl sites for hydroxylation is 2. The molecule has 2 aromatic rings. The predicted octanol–water partition coefficient (Wildman–Crippen LogP) is 4.62. The summed E-state index contributed by atoms with van der Waals surface area (Å²) in [5.74, 6) is 0.362. The lowest BCUT2D eigenvalue weighted by molar-refractivity contribution is 0.0317. The second-order valence-electron chi connectivity index (χ2n) is 7.07. The summed E-state index contributed by atoms with van der Waals surface area (Å²) >= 11 is 0. The Morgan fingerprint density at radius 2 is 1.67 bits per heavy atom. The van der Waals surface area contributed by atoms with Crippen LogP contribution in [0.2, 0.25) is 0 Å². The lowest BCUT2D eigenvalue weighted by atomic mass is 9.86. The molecule has 0 saturated heterocycles. The number of benzene rings is 1. The maximum atomic E-state index is 12.5. The summed E-state index contributed by atoms with van der Waals surface area (Å²) in [5.41, 5.74) is 2.06. The van der Waals surface area contributed by atoms with E-state index in [1.54, 1.807) is 39.0 Å². The number of carbonyl (C=O) groups excluding carboxylic acids is 2. The van der Waals surface area contributed by atoms with E-state index in [0.717, 1.165) is 5.56 Å². The Morgan fingerprint density at radius 1 is 1.08 bits per heavy atom. The molecule has 0 aliphatic carbocycles. The Hall–Kier alpha value is -2.36. The number of ether oxygens (including phenoxy) is 1. The number of hydrogen-bond donors (Lipinski definition) is 0. The smallest absolute Gasteiger partial charge is 0.342 e.